The number of rotatable bonds is 4. The number of nitrogens with zero attached hydrogens (tertiary/aromatic N) is 1. The summed E-state index contributed by atoms with van der Waals surface area (Å²) < 4.78 is 24.9. The van der Waals surface area contributed by atoms with Gasteiger partial charge in [-0.2, -0.15) is 0 Å². The molecule has 1 atom stereocenters. The molecule has 7 heteroatoms. The first-order valence-electron chi connectivity index (χ1n) is 9.18. The Labute approximate surface area is 171 Å². The highest BCUT2D eigenvalue weighted by Gasteiger charge is 2.48. The van der Waals surface area contributed by atoms with Crippen molar-refractivity contribution >= 4 is 23.1 Å². The number of hydrogen-bond acceptors (Lipinski definition) is 5. The highest BCUT2D eigenvalue weighted by Crippen LogP contribution is 2.43. The number of furan rings is 1. The standard InChI is InChI=1S/C23H18FNO5/c1-13-10-11-18(30-13)20-19(21(26)16-8-3-4-9-17(16)29-2)22(27)23(28)25(20)15-7-5-6-14(24)12-15/h3-12,20,26H,1-2H3/b21-19-. The minimum Gasteiger partial charge on any atom is -0.507 e. The van der Waals surface area contributed by atoms with Crippen LogP contribution in [0.2, 0.25) is 0 Å². The summed E-state index contributed by atoms with van der Waals surface area (Å²) in [5.41, 5.74) is 0.267. The Morgan fingerprint density at radius 3 is 2.53 bits per heavy atom. The molecule has 2 heterocycles. The molecule has 0 saturated carbocycles. The second-order valence-corrected chi connectivity index (χ2v) is 6.80. The third kappa shape index (κ3) is 3.14. The van der Waals surface area contributed by atoms with E-state index in [0.717, 1.165) is 11.0 Å². The summed E-state index contributed by atoms with van der Waals surface area (Å²) >= 11 is 0. The lowest BCUT2D eigenvalue weighted by molar-refractivity contribution is -0.132. The summed E-state index contributed by atoms with van der Waals surface area (Å²) in [6, 6.07) is 14.2. The zero-order chi connectivity index (χ0) is 21.4. The summed E-state index contributed by atoms with van der Waals surface area (Å²) in [5, 5.41) is 11.1. The fourth-order valence-corrected chi connectivity index (χ4v) is 3.58. The van der Waals surface area contributed by atoms with Crippen LogP contribution < -0.4 is 9.64 Å². The van der Waals surface area contributed by atoms with E-state index in [9.17, 15) is 19.1 Å². The summed E-state index contributed by atoms with van der Waals surface area (Å²) in [6.07, 6.45) is 0. The number of Topliss-reactive ketones (excluding diaryl/α,β-unsaturated/α-hetero) is 1. The maximum absolute atomic E-state index is 13.9. The second kappa shape index (κ2) is 7.51. The molecule has 0 radical (unpaired) electrons. The molecule has 2 aromatic carbocycles. The number of carbonyl (C=O) groups excluding carboxylic acids is 2. The molecule has 1 N–H and O–H groups in total. The number of anilines is 1. The fraction of sp³-hybridized carbons (Fsp3) is 0.130. The summed E-state index contributed by atoms with van der Waals surface area (Å²) in [7, 11) is 1.44. The topological polar surface area (TPSA) is 80.0 Å². The third-order valence-electron chi connectivity index (χ3n) is 4.92. The van der Waals surface area contributed by atoms with Crippen LogP contribution in [0.1, 0.15) is 23.1 Å². The van der Waals surface area contributed by atoms with Gasteiger partial charge in [-0.05, 0) is 49.4 Å². The molecule has 3 aromatic rings. The maximum Gasteiger partial charge on any atom is 0.300 e. The Kier molecular flexibility index (Phi) is 4.87. The van der Waals surface area contributed by atoms with Crippen molar-refractivity contribution in [3.8, 4) is 5.75 Å². The van der Waals surface area contributed by atoms with Crippen molar-refractivity contribution in [3.05, 3.63) is 89.1 Å². The molecule has 4 rings (SSSR count). The van der Waals surface area contributed by atoms with E-state index in [-0.39, 0.29) is 22.6 Å². The van der Waals surface area contributed by atoms with E-state index in [4.69, 9.17) is 9.15 Å². The van der Waals surface area contributed by atoms with E-state index in [0.29, 0.717) is 11.5 Å². The Balaban J connectivity index is 1.97. The monoisotopic (exact) mass is 407 g/mol. The van der Waals surface area contributed by atoms with Crippen molar-refractivity contribution in [1.29, 1.82) is 0 Å². The van der Waals surface area contributed by atoms with E-state index in [1.54, 1.807) is 43.3 Å². The molecule has 6 nitrogen and oxygen atoms in total. The number of ether oxygens (including phenoxy) is 1. The van der Waals surface area contributed by atoms with Crippen molar-refractivity contribution in [1.82, 2.24) is 0 Å². The van der Waals surface area contributed by atoms with Gasteiger partial charge in [-0.15, -0.1) is 0 Å². The van der Waals surface area contributed by atoms with Crippen LogP contribution in [0.15, 0.2) is 70.7 Å². The van der Waals surface area contributed by atoms with Crippen LogP contribution in [0.3, 0.4) is 0 Å². The Morgan fingerprint density at radius 1 is 1.10 bits per heavy atom. The molecular formula is C23H18FNO5. The first-order chi connectivity index (χ1) is 14.4. The van der Waals surface area contributed by atoms with Crippen molar-refractivity contribution in [2.45, 2.75) is 13.0 Å². The number of halogens is 1. The average Bonchev–Trinajstić information content (AvgIpc) is 3.28. The summed E-state index contributed by atoms with van der Waals surface area (Å²) in [4.78, 5) is 27.1. The van der Waals surface area contributed by atoms with Gasteiger partial charge in [-0.25, -0.2) is 4.39 Å². The van der Waals surface area contributed by atoms with Crippen molar-refractivity contribution in [2.75, 3.05) is 12.0 Å². The lowest BCUT2D eigenvalue weighted by Gasteiger charge is -2.23. The zero-order valence-corrected chi connectivity index (χ0v) is 16.3. The molecule has 1 aliphatic heterocycles. The summed E-state index contributed by atoms with van der Waals surface area (Å²) in [6.45, 7) is 1.72. The molecule has 0 spiro atoms. The first kappa shape index (κ1) is 19.4. The van der Waals surface area contributed by atoms with E-state index < -0.39 is 29.3 Å². The van der Waals surface area contributed by atoms with Gasteiger partial charge in [-0.1, -0.05) is 18.2 Å². The number of aryl methyl sites for hydroxylation is 1. The number of benzene rings is 2. The van der Waals surface area contributed by atoms with Crippen LogP contribution in [0.4, 0.5) is 10.1 Å². The minimum absolute atomic E-state index is 0.164. The van der Waals surface area contributed by atoms with Gasteiger partial charge in [0.05, 0.1) is 18.2 Å². The molecule has 0 bridgehead atoms. The molecule has 1 aliphatic rings. The van der Waals surface area contributed by atoms with Crippen molar-refractivity contribution in [2.24, 2.45) is 0 Å². The second-order valence-electron chi connectivity index (χ2n) is 6.80. The Hall–Kier alpha value is -3.87. The van der Waals surface area contributed by atoms with Crippen LogP contribution in [-0.4, -0.2) is 23.9 Å². The molecule has 1 fully saturated rings. The summed E-state index contributed by atoms with van der Waals surface area (Å²) in [5.74, 6) is -1.59. The van der Waals surface area contributed by atoms with E-state index in [1.807, 2.05) is 0 Å². The molecule has 30 heavy (non-hydrogen) atoms. The van der Waals surface area contributed by atoms with E-state index >= 15 is 0 Å². The van der Waals surface area contributed by atoms with Crippen LogP contribution in [0.25, 0.3) is 5.76 Å². The van der Waals surface area contributed by atoms with Crippen LogP contribution in [0, 0.1) is 12.7 Å². The highest BCUT2D eigenvalue weighted by atomic mass is 19.1. The molecule has 1 unspecified atom stereocenters. The lowest BCUT2D eigenvalue weighted by atomic mass is 9.98. The van der Waals surface area contributed by atoms with Gasteiger partial charge < -0.3 is 14.3 Å². The molecule has 152 valence electrons. The number of methoxy groups -OCH3 is 1. The number of amides is 1. The molecule has 1 saturated heterocycles. The zero-order valence-electron chi connectivity index (χ0n) is 16.3. The molecule has 0 aliphatic carbocycles. The normalized spacial score (nSPS) is 18.1. The Bertz CT molecular complexity index is 1180. The Morgan fingerprint density at radius 2 is 1.87 bits per heavy atom. The van der Waals surface area contributed by atoms with Gasteiger partial charge in [0.2, 0.25) is 0 Å². The van der Waals surface area contributed by atoms with Gasteiger partial charge in [0.25, 0.3) is 11.7 Å². The van der Waals surface area contributed by atoms with E-state index in [1.165, 1.54) is 25.3 Å². The van der Waals surface area contributed by atoms with Crippen LogP contribution in [0.5, 0.6) is 5.75 Å². The number of para-hydroxylation sites is 1. The van der Waals surface area contributed by atoms with Crippen molar-refractivity contribution in [3.63, 3.8) is 0 Å². The lowest BCUT2D eigenvalue weighted by Crippen LogP contribution is -2.29. The molecule has 1 amide bonds. The van der Waals surface area contributed by atoms with Gasteiger partial charge in [0.15, 0.2) is 0 Å². The number of hydrogen-bond donors (Lipinski definition) is 1. The predicted octanol–water partition coefficient (Wildman–Crippen LogP) is 4.36. The van der Waals surface area contributed by atoms with Crippen molar-refractivity contribution < 1.29 is 28.2 Å². The first-order valence-corrected chi connectivity index (χ1v) is 9.18. The largest absolute Gasteiger partial charge is 0.507 e. The minimum atomic E-state index is -1.06. The van der Waals surface area contributed by atoms with Crippen LogP contribution >= 0.6 is 0 Å². The fourth-order valence-electron chi connectivity index (χ4n) is 3.58. The quantitative estimate of drug-likeness (QED) is 0.395. The average molecular weight is 407 g/mol. The predicted molar refractivity (Wildman–Crippen MR) is 108 cm³/mol. The van der Waals surface area contributed by atoms with Gasteiger partial charge in [-0.3, -0.25) is 14.5 Å². The maximum atomic E-state index is 13.9. The van der Waals surface area contributed by atoms with Gasteiger partial charge in [0.1, 0.15) is 34.9 Å². The smallest absolute Gasteiger partial charge is 0.300 e. The molecular weight excluding hydrogens is 389 g/mol. The third-order valence-corrected chi connectivity index (χ3v) is 4.92. The highest BCUT2D eigenvalue weighted by molar-refractivity contribution is 6.51. The van der Waals surface area contributed by atoms with Crippen LogP contribution in [-0.2, 0) is 9.59 Å². The number of aliphatic hydroxyl groups is 1. The van der Waals surface area contributed by atoms with Gasteiger partial charge >= 0.3 is 0 Å². The number of aliphatic hydroxyl groups excluding tert-OH is 1. The number of carbonyl (C=O) groups is 2. The molecule has 1 aromatic heterocycles. The van der Waals surface area contributed by atoms with Gasteiger partial charge in [0, 0.05) is 5.69 Å². The SMILES string of the molecule is COc1ccccc1/C(O)=C1/C(=O)C(=O)N(c2cccc(F)c2)C1c1ccc(C)o1. The number of ketones is 1. The van der Waals surface area contributed by atoms with E-state index in [2.05, 4.69) is 0 Å².